The molecule has 7 heteroatoms. The lowest BCUT2D eigenvalue weighted by Gasteiger charge is -2.11. The molecule has 0 aliphatic rings. The SMILES string of the molecule is CCNc1ccccc1C(=O)NCCSC(F)(F)F. The van der Waals surface area contributed by atoms with E-state index in [9.17, 15) is 18.0 Å². The second-order valence-corrected chi connectivity index (χ2v) is 4.79. The molecule has 0 aliphatic carbocycles. The number of carbonyl (C=O) groups excluding carboxylic acids is 1. The average Bonchev–Trinajstić information content (AvgIpc) is 2.34. The predicted octanol–water partition coefficient (Wildman–Crippen LogP) is 3.10. The molecule has 19 heavy (non-hydrogen) atoms. The van der Waals surface area contributed by atoms with E-state index in [2.05, 4.69) is 10.6 Å². The van der Waals surface area contributed by atoms with Crippen LogP contribution < -0.4 is 10.6 Å². The number of alkyl halides is 3. The number of anilines is 1. The van der Waals surface area contributed by atoms with E-state index < -0.39 is 5.51 Å². The van der Waals surface area contributed by atoms with E-state index in [1.54, 1.807) is 24.3 Å². The Morgan fingerprint density at radius 3 is 2.63 bits per heavy atom. The van der Waals surface area contributed by atoms with Crippen LogP contribution in [-0.2, 0) is 0 Å². The average molecular weight is 292 g/mol. The number of hydrogen-bond donors (Lipinski definition) is 2. The smallest absolute Gasteiger partial charge is 0.385 e. The summed E-state index contributed by atoms with van der Waals surface area (Å²) < 4.78 is 35.7. The Kier molecular flexibility index (Phi) is 6.01. The molecule has 2 N–H and O–H groups in total. The van der Waals surface area contributed by atoms with Gasteiger partial charge in [-0.2, -0.15) is 13.2 Å². The molecule has 0 aromatic heterocycles. The topological polar surface area (TPSA) is 41.1 Å². The van der Waals surface area contributed by atoms with Gasteiger partial charge in [-0.1, -0.05) is 12.1 Å². The third-order valence-electron chi connectivity index (χ3n) is 2.19. The van der Waals surface area contributed by atoms with Gasteiger partial charge in [-0.25, -0.2) is 0 Å². The molecule has 1 aromatic rings. The molecule has 0 heterocycles. The van der Waals surface area contributed by atoms with Crippen LogP contribution >= 0.6 is 11.8 Å². The first kappa shape index (κ1) is 15.7. The fourth-order valence-electron chi connectivity index (χ4n) is 1.45. The number of amides is 1. The van der Waals surface area contributed by atoms with Gasteiger partial charge in [0.15, 0.2) is 0 Å². The summed E-state index contributed by atoms with van der Waals surface area (Å²) >= 11 is -0.145. The normalized spacial score (nSPS) is 11.2. The van der Waals surface area contributed by atoms with Crippen LogP contribution in [-0.4, -0.2) is 30.3 Å². The van der Waals surface area contributed by atoms with Crippen molar-refractivity contribution in [2.75, 3.05) is 24.2 Å². The molecule has 0 saturated heterocycles. The number of benzene rings is 1. The fraction of sp³-hybridized carbons (Fsp3) is 0.417. The van der Waals surface area contributed by atoms with E-state index in [-0.39, 0.29) is 30.0 Å². The van der Waals surface area contributed by atoms with Crippen LogP contribution in [0.15, 0.2) is 24.3 Å². The number of carbonyl (C=O) groups is 1. The van der Waals surface area contributed by atoms with Crippen molar-refractivity contribution in [1.29, 1.82) is 0 Å². The van der Waals surface area contributed by atoms with Gasteiger partial charge in [-0.15, -0.1) is 0 Å². The van der Waals surface area contributed by atoms with Crippen LogP contribution in [0.3, 0.4) is 0 Å². The minimum Gasteiger partial charge on any atom is -0.385 e. The molecular weight excluding hydrogens is 277 g/mol. The molecule has 0 spiro atoms. The molecule has 0 saturated carbocycles. The van der Waals surface area contributed by atoms with Gasteiger partial charge >= 0.3 is 5.51 Å². The third kappa shape index (κ3) is 5.87. The maximum atomic E-state index is 11.9. The highest BCUT2D eigenvalue weighted by atomic mass is 32.2. The van der Waals surface area contributed by atoms with Gasteiger partial charge in [0, 0.05) is 24.5 Å². The molecule has 0 fully saturated rings. The minimum atomic E-state index is -4.26. The van der Waals surface area contributed by atoms with Crippen molar-refractivity contribution < 1.29 is 18.0 Å². The molecule has 106 valence electrons. The van der Waals surface area contributed by atoms with Crippen molar-refractivity contribution in [2.45, 2.75) is 12.4 Å². The van der Waals surface area contributed by atoms with Gasteiger partial charge in [0.2, 0.25) is 0 Å². The number of nitrogens with one attached hydrogen (secondary N) is 2. The Bertz CT molecular complexity index is 424. The van der Waals surface area contributed by atoms with Crippen LogP contribution in [0.1, 0.15) is 17.3 Å². The molecule has 0 aliphatic heterocycles. The van der Waals surface area contributed by atoms with Crippen molar-refractivity contribution in [3.8, 4) is 0 Å². The lowest BCUT2D eigenvalue weighted by atomic mass is 10.1. The molecule has 3 nitrogen and oxygen atoms in total. The maximum Gasteiger partial charge on any atom is 0.441 e. The predicted molar refractivity (Wildman–Crippen MR) is 71.5 cm³/mol. The standard InChI is InChI=1S/C12H15F3N2OS/c1-2-16-10-6-4-3-5-9(10)11(18)17-7-8-19-12(13,14)15/h3-6,16H,2,7-8H2,1H3,(H,17,18). The first-order valence-electron chi connectivity index (χ1n) is 5.76. The number of para-hydroxylation sites is 1. The molecule has 0 radical (unpaired) electrons. The zero-order valence-electron chi connectivity index (χ0n) is 10.4. The van der Waals surface area contributed by atoms with Gasteiger partial charge in [0.1, 0.15) is 0 Å². The van der Waals surface area contributed by atoms with Gasteiger partial charge in [0.25, 0.3) is 5.91 Å². The molecular formula is C12H15F3N2OS. The second kappa shape index (κ2) is 7.28. The summed E-state index contributed by atoms with van der Waals surface area (Å²) in [6.07, 6.45) is 0. The van der Waals surface area contributed by atoms with E-state index in [0.717, 1.165) is 0 Å². The Morgan fingerprint density at radius 1 is 1.32 bits per heavy atom. The molecule has 1 aromatic carbocycles. The first-order chi connectivity index (χ1) is 8.94. The molecule has 1 rings (SSSR count). The highest BCUT2D eigenvalue weighted by Crippen LogP contribution is 2.29. The van der Waals surface area contributed by atoms with Crippen molar-refractivity contribution in [3.05, 3.63) is 29.8 Å². The van der Waals surface area contributed by atoms with Crippen molar-refractivity contribution in [3.63, 3.8) is 0 Å². The Morgan fingerprint density at radius 2 is 2.00 bits per heavy atom. The van der Waals surface area contributed by atoms with Gasteiger partial charge in [-0.05, 0) is 30.8 Å². The van der Waals surface area contributed by atoms with Crippen LogP contribution in [0.4, 0.5) is 18.9 Å². The third-order valence-corrected chi connectivity index (χ3v) is 2.93. The van der Waals surface area contributed by atoms with Crippen LogP contribution in [0, 0.1) is 0 Å². The Labute approximate surface area is 114 Å². The van der Waals surface area contributed by atoms with Gasteiger partial charge < -0.3 is 10.6 Å². The second-order valence-electron chi connectivity index (χ2n) is 3.63. The summed E-state index contributed by atoms with van der Waals surface area (Å²) in [5.41, 5.74) is -3.15. The van der Waals surface area contributed by atoms with Crippen LogP contribution in [0.5, 0.6) is 0 Å². The van der Waals surface area contributed by atoms with Gasteiger partial charge in [-0.3, -0.25) is 4.79 Å². The zero-order chi connectivity index (χ0) is 14.3. The fourth-order valence-corrected chi connectivity index (χ4v) is 1.89. The highest BCUT2D eigenvalue weighted by molar-refractivity contribution is 8.00. The summed E-state index contributed by atoms with van der Waals surface area (Å²) in [5, 5.41) is 5.50. The quantitative estimate of drug-likeness (QED) is 0.792. The number of hydrogen-bond acceptors (Lipinski definition) is 3. The molecule has 0 bridgehead atoms. The molecule has 1 amide bonds. The Balaban J connectivity index is 2.49. The Hall–Kier alpha value is -1.37. The van der Waals surface area contributed by atoms with E-state index in [4.69, 9.17) is 0 Å². The highest BCUT2D eigenvalue weighted by Gasteiger charge is 2.27. The number of rotatable bonds is 6. The molecule has 0 atom stereocenters. The summed E-state index contributed by atoms with van der Waals surface area (Å²) in [7, 11) is 0. The first-order valence-corrected chi connectivity index (χ1v) is 6.74. The van der Waals surface area contributed by atoms with Crippen LogP contribution in [0.25, 0.3) is 0 Å². The minimum absolute atomic E-state index is 0.0243. The maximum absolute atomic E-state index is 11.9. The van der Waals surface area contributed by atoms with E-state index in [1.807, 2.05) is 6.92 Å². The summed E-state index contributed by atoms with van der Waals surface area (Å²) in [6.45, 7) is 2.53. The van der Waals surface area contributed by atoms with Gasteiger partial charge in [0.05, 0.1) is 5.56 Å². The van der Waals surface area contributed by atoms with E-state index >= 15 is 0 Å². The zero-order valence-corrected chi connectivity index (χ0v) is 11.2. The number of thioether (sulfide) groups is 1. The van der Waals surface area contributed by atoms with Crippen molar-refractivity contribution in [2.24, 2.45) is 0 Å². The van der Waals surface area contributed by atoms with E-state index in [0.29, 0.717) is 17.8 Å². The van der Waals surface area contributed by atoms with Crippen molar-refractivity contribution >= 4 is 23.4 Å². The summed E-state index contributed by atoms with van der Waals surface area (Å²) in [4.78, 5) is 11.8. The van der Waals surface area contributed by atoms with E-state index in [1.165, 1.54) is 0 Å². The van der Waals surface area contributed by atoms with Crippen molar-refractivity contribution in [1.82, 2.24) is 5.32 Å². The number of halogens is 3. The lowest BCUT2D eigenvalue weighted by Crippen LogP contribution is -2.27. The lowest BCUT2D eigenvalue weighted by molar-refractivity contribution is -0.0327. The van der Waals surface area contributed by atoms with Crippen LogP contribution in [0.2, 0.25) is 0 Å². The summed E-state index contributed by atoms with van der Waals surface area (Å²) in [5.74, 6) is -0.571. The largest absolute Gasteiger partial charge is 0.441 e. The summed E-state index contributed by atoms with van der Waals surface area (Å²) in [6, 6.07) is 6.88. The monoisotopic (exact) mass is 292 g/mol. The molecule has 0 unspecified atom stereocenters.